The van der Waals surface area contributed by atoms with Crippen LogP contribution in [0, 0.1) is 5.41 Å². The SMILES string of the molecule is CCn1nc(CC(C)(C)C)cc1N. The molecule has 1 aromatic rings. The lowest BCUT2D eigenvalue weighted by molar-refractivity contribution is 0.403. The summed E-state index contributed by atoms with van der Waals surface area (Å²) in [7, 11) is 0. The number of aromatic nitrogens is 2. The number of aryl methyl sites for hydroxylation is 1. The number of hydrogen-bond acceptors (Lipinski definition) is 2. The Hall–Kier alpha value is -0.990. The van der Waals surface area contributed by atoms with Gasteiger partial charge in [0.15, 0.2) is 0 Å². The van der Waals surface area contributed by atoms with E-state index >= 15 is 0 Å². The second-order valence-corrected chi connectivity index (χ2v) is 4.61. The van der Waals surface area contributed by atoms with Crippen molar-refractivity contribution in [2.24, 2.45) is 5.41 Å². The highest BCUT2D eigenvalue weighted by atomic mass is 15.3. The quantitative estimate of drug-likeness (QED) is 0.759. The lowest BCUT2D eigenvalue weighted by atomic mass is 9.91. The summed E-state index contributed by atoms with van der Waals surface area (Å²) in [6.07, 6.45) is 0.976. The van der Waals surface area contributed by atoms with Crippen LogP contribution >= 0.6 is 0 Å². The van der Waals surface area contributed by atoms with E-state index in [-0.39, 0.29) is 5.41 Å². The van der Waals surface area contributed by atoms with E-state index in [1.54, 1.807) is 0 Å². The third-order valence-corrected chi connectivity index (χ3v) is 1.87. The molecule has 0 saturated heterocycles. The first-order chi connectivity index (χ1) is 5.92. The summed E-state index contributed by atoms with van der Waals surface area (Å²) in [5, 5.41) is 4.41. The maximum atomic E-state index is 5.77. The molecule has 74 valence electrons. The third kappa shape index (κ3) is 2.76. The van der Waals surface area contributed by atoms with Gasteiger partial charge in [0.05, 0.1) is 5.69 Å². The number of hydrogen-bond donors (Lipinski definition) is 1. The molecule has 0 bridgehead atoms. The molecule has 0 aliphatic heterocycles. The van der Waals surface area contributed by atoms with Crippen LogP contribution in [0.15, 0.2) is 6.07 Å². The van der Waals surface area contributed by atoms with Gasteiger partial charge in [0.1, 0.15) is 5.82 Å². The molecule has 1 rings (SSSR count). The van der Waals surface area contributed by atoms with Crippen LogP contribution in [0.25, 0.3) is 0 Å². The van der Waals surface area contributed by atoms with Crippen molar-refractivity contribution in [3.8, 4) is 0 Å². The predicted octanol–water partition coefficient (Wildman–Crippen LogP) is 2.07. The van der Waals surface area contributed by atoms with E-state index in [0.29, 0.717) is 0 Å². The van der Waals surface area contributed by atoms with E-state index in [9.17, 15) is 0 Å². The Kier molecular flexibility index (Phi) is 2.64. The van der Waals surface area contributed by atoms with Crippen molar-refractivity contribution >= 4 is 5.82 Å². The van der Waals surface area contributed by atoms with E-state index in [0.717, 1.165) is 24.5 Å². The van der Waals surface area contributed by atoms with Gasteiger partial charge in [-0.3, -0.25) is 4.68 Å². The fraction of sp³-hybridized carbons (Fsp3) is 0.700. The largest absolute Gasteiger partial charge is 0.384 e. The van der Waals surface area contributed by atoms with Gasteiger partial charge in [-0.1, -0.05) is 20.8 Å². The highest BCUT2D eigenvalue weighted by molar-refractivity contribution is 5.31. The standard InChI is InChI=1S/C10H19N3/c1-5-13-9(11)6-8(12-13)7-10(2,3)4/h6H,5,7,11H2,1-4H3. The molecule has 0 aliphatic carbocycles. The number of nitrogens with two attached hydrogens (primary N) is 1. The van der Waals surface area contributed by atoms with Crippen LogP contribution in [0.4, 0.5) is 5.82 Å². The van der Waals surface area contributed by atoms with E-state index < -0.39 is 0 Å². The molecule has 2 N–H and O–H groups in total. The van der Waals surface area contributed by atoms with Gasteiger partial charge >= 0.3 is 0 Å². The molecule has 0 unspecified atom stereocenters. The van der Waals surface area contributed by atoms with Crippen LogP contribution < -0.4 is 5.73 Å². The van der Waals surface area contributed by atoms with Gasteiger partial charge in [0.25, 0.3) is 0 Å². The van der Waals surface area contributed by atoms with E-state index in [4.69, 9.17) is 5.73 Å². The maximum Gasteiger partial charge on any atom is 0.121 e. The molecule has 0 fully saturated rings. The third-order valence-electron chi connectivity index (χ3n) is 1.87. The van der Waals surface area contributed by atoms with Gasteiger partial charge in [-0.2, -0.15) is 5.10 Å². The second-order valence-electron chi connectivity index (χ2n) is 4.61. The maximum absolute atomic E-state index is 5.77. The summed E-state index contributed by atoms with van der Waals surface area (Å²) >= 11 is 0. The normalized spacial score (nSPS) is 12.0. The summed E-state index contributed by atoms with van der Waals surface area (Å²) in [5.74, 6) is 0.766. The number of rotatable bonds is 2. The Morgan fingerprint density at radius 2 is 2.08 bits per heavy atom. The van der Waals surface area contributed by atoms with Crippen molar-refractivity contribution in [1.29, 1.82) is 0 Å². The number of nitrogen functional groups attached to an aromatic ring is 1. The first-order valence-corrected chi connectivity index (χ1v) is 4.74. The van der Waals surface area contributed by atoms with Crippen LogP contribution in [0.1, 0.15) is 33.4 Å². The highest BCUT2D eigenvalue weighted by Crippen LogP contribution is 2.20. The van der Waals surface area contributed by atoms with Crippen molar-refractivity contribution < 1.29 is 0 Å². The van der Waals surface area contributed by atoms with Crippen molar-refractivity contribution in [2.75, 3.05) is 5.73 Å². The summed E-state index contributed by atoms with van der Waals surface area (Å²) in [6, 6.07) is 1.97. The van der Waals surface area contributed by atoms with Crippen LogP contribution in [0.2, 0.25) is 0 Å². The minimum Gasteiger partial charge on any atom is -0.384 e. The molecule has 0 aliphatic rings. The fourth-order valence-corrected chi connectivity index (χ4v) is 1.37. The van der Waals surface area contributed by atoms with E-state index in [1.807, 2.05) is 17.7 Å². The molecule has 0 spiro atoms. The number of nitrogens with zero attached hydrogens (tertiary/aromatic N) is 2. The summed E-state index contributed by atoms with van der Waals surface area (Å²) < 4.78 is 1.83. The van der Waals surface area contributed by atoms with Gasteiger partial charge in [0, 0.05) is 12.6 Å². The van der Waals surface area contributed by atoms with Crippen molar-refractivity contribution in [3.05, 3.63) is 11.8 Å². The molecule has 3 nitrogen and oxygen atoms in total. The zero-order valence-corrected chi connectivity index (χ0v) is 8.96. The van der Waals surface area contributed by atoms with Crippen molar-refractivity contribution in [1.82, 2.24) is 9.78 Å². The van der Waals surface area contributed by atoms with Crippen molar-refractivity contribution in [2.45, 2.75) is 40.7 Å². The molecule has 13 heavy (non-hydrogen) atoms. The molecular weight excluding hydrogens is 162 g/mol. The minimum absolute atomic E-state index is 0.277. The topological polar surface area (TPSA) is 43.8 Å². The van der Waals surface area contributed by atoms with E-state index in [1.165, 1.54) is 0 Å². The van der Waals surface area contributed by atoms with Crippen LogP contribution in [0.3, 0.4) is 0 Å². The van der Waals surface area contributed by atoms with Gasteiger partial charge in [0.2, 0.25) is 0 Å². The predicted molar refractivity (Wildman–Crippen MR) is 55.5 cm³/mol. The molecule has 0 saturated carbocycles. The second kappa shape index (κ2) is 3.40. The molecule has 3 heteroatoms. The van der Waals surface area contributed by atoms with Crippen LogP contribution in [-0.4, -0.2) is 9.78 Å². The Bertz CT molecular complexity index is 281. The lowest BCUT2D eigenvalue weighted by Gasteiger charge is -2.15. The first kappa shape index (κ1) is 10.1. The average Bonchev–Trinajstić information content (AvgIpc) is 2.26. The lowest BCUT2D eigenvalue weighted by Crippen LogP contribution is -2.10. The average molecular weight is 181 g/mol. The summed E-state index contributed by atoms with van der Waals surface area (Å²) in [5.41, 5.74) is 7.14. The van der Waals surface area contributed by atoms with E-state index in [2.05, 4.69) is 25.9 Å². The first-order valence-electron chi connectivity index (χ1n) is 4.74. The van der Waals surface area contributed by atoms with Gasteiger partial charge in [-0.05, 0) is 18.8 Å². The summed E-state index contributed by atoms with van der Waals surface area (Å²) in [4.78, 5) is 0. The number of anilines is 1. The molecule has 0 atom stereocenters. The Balaban J connectivity index is 2.80. The smallest absolute Gasteiger partial charge is 0.121 e. The molecule has 0 amide bonds. The van der Waals surface area contributed by atoms with Gasteiger partial charge < -0.3 is 5.73 Å². The molecule has 0 radical (unpaired) electrons. The molecule has 1 aromatic heterocycles. The van der Waals surface area contributed by atoms with Crippen LogP contribution in [0.5, 0.6) is 0 Å². The zero-order chi connectivity index (χ0) is 10.1. The minimum atomic E-state index is 0.277. The van der Waals surface area contributed by atoms with Gasteiger partial charge in [-0.15, -0.1) is 0 Å². The molecule has 0 aromatic carbocycles. The van der Waals surface area contributed by atoms with Crippen molar-refractivity contribution in [3.63, 3.8) is 0 Å². The Labute approximate surface area is 79.9 Å². The Morgan fingerprint density at radius 1 is 1.46 bits per heavy atom. The molecule has 1 heterocycles. The molecular formula is C10H19N3. The Morgan fingerprint density at radius 3 is 2.46 bits per heavy atom. The zero-order valence-electron chi connectivity index (χ0n) is 8.96. The van der Waals surface area contributed by atoms with Crippen LogP contribution in [-0.2, 0) is 13.0 Å². The highest BCUT2D eigenvalue weighted by Gasteiger charge is 2.14. The fourth-order valence-electron chi connectivity index (χ4n) is 1.37. The monoisotopic (exact) mass is 181 g/mol. The van der Waals surface area contributed by atoms with Gasteiger partial charge in [-0.25, -0.2) is 0 Å². The summed E-state index contributed by atoms with van der Waals surface area (Å²) in [6.45, 7) is 9.50.